The van der Waals surface area contributed by atoms with Crippen LogP contribution in [0.4, 0.5) is 0 Å². The lowest BCUT2D eigenvalue weighted by Gasteiger charge is -1.86. The van der Waals surface area contributed by atoms with Crippen LogP contribution in [0, 0.1) is 0 Å². The van der Waals surface area contributed by atoms with Crippen molar-refractivity contribution in [3.8, 4) is 0 Å². The van der Waals surface area contributed by atoms with Crippen LogP contribution in [-0.2, 0) is 4.79 Å². The number of hydrogen-bond donors (Lipinski definition) is 2. The van der Waals surface area contributed by atoms with Crippen LogP contribution >= 0.6 is 0 Å². The van der Waals surface area contributed by atoms with Crippen molar-refractivity contribution in [2.75, 3.05) is 0 Å². The minimum Gasteiger partial charge on any atom is -0.477 e. The first-order valence-electron chi connectivity index (χ1n) is 2.66. The van der Waals surface area contributed by atoms with E-state index in [0.29, 0.717) is 0 Å². The SMILES string of the molecule is C=C/C=C\C=C(/N)C(=O)O. The van der Waals surface area contributed by atoms with Gasteiger partial charge in [0.1, 0.15) is 5.70 Å². The van der Waals surface area contributed by atoms with E-state index in [1.165, 1.54) is 18.2 Å². The first-order chi connectivity index (χ1) is 4.68. The van der Waals surface area contributed by atoms with Crippen molar-refractivity contribution in [2.24, 2.45) is 5.73 Å². The lowest BCUT2D eigenvalue weighted by atomic mass is 10.4. The van der Waals surface area contributed by atoms with E-state index >= 15 is 0 Å². The Morgan fingerprint density at radius 2 is 2.10 bits per heavy atom. The highest BCUT2D eigenvalue weighted by Gasteiger charge is 1.95. The van der Waals surface area contributed by atoms with Gasteiger partial charge in [-0.05, 0) is 6.08 Å². The van der Waals surface area contributed by atoms with E-state index in [0.717, 1.165) is 0 Å². The van der Waals surface area contributed by atoms with E-state index in [2.05, 4.69) is 6.58 Å². The Morgan fingerprint density at radius 3 is 2.50 bits per heavy atom. The largest absolute Gasteiger partial charge is 0.477 e. The van der Waals surface area contributed by atoms with Gasteiger partial charge in [-0.1, -0.05) is 24.8 Å². The van der Waals surface area contributed by atoms with Gasteiger partial charge in [-0.2, -0.15) is 0 Å². The summed E-state index contributed by atoms with van der Waals surface area (Å²) in [6.45, 7) is 3.40. The van der Waals surface area contributed by atoms with Crippen LogP contribution in [0.2, 0.25) is 0 Å². The summed E-state index contributed by atoms with van der Waals surface area (Å²) in [6, 6.07) is 0. The zero-order chi connectivity index (χ0) is 7.98. The van der Waals surface area contributed by atoms with E-state index in [9.17, 15) is 4.79 Å². The van der Waals surface area contributed by atoms with E-state index in [1.807, 2.05) is 0 Å². The van der Waals surface area contributed by atoms with Gasteiger partial charge in [0.25, 0.3) is 0 Å². The first-order valence-corrected chi connectivity index (χ1v) is 2.66. The van der Waals surface area contributed by atoms with Crippen LogP contribution in [0.25, 0.3) is 0 Å². The number of carbonyl (C=O) groups is 1. The summed E-state index contributed by atoms with van der Waals surface area (Å²) in [6.07, 6.45) is 5.93. The molecule has 54 valence electrons. The fraction of sp³-hybridized carbons (Fsp3) is 0. The summed E-state index contributed by atoms with van der Waals surface area (Å²) in [5.74, 6) is -1.12. The molecule has 0 aromatic rings. The monoisotopic (exact) mass is 139 g/mol. The van der Waals surface area contributed by atoms with Gasteiger partial charge in [0.2, 0.25) is 0 Å². The topological polar surface area (TPSA) is 63.3 Å². The summed E-state index contributed by atoms with van der Waals surface area (Å²) in [5, 5.41) is 8.23. The second kappa shape index (κ2) is 4.38. The van der Waals surface area contributed by atoms with E-state index < -0.39 is 5.97 Å². The van der Waals surface area contributed by atoms with Gasteiger partial charge in [-0.15, -0.1) is 0 Å². The molecule has 0 rings (SSSR count). The van der Waals surface area contributed by atoms with Gasteiger partial charge in [0.15, 0.2) is 0 Å². The fourth-order valence-electron chi connectivity index (χ4n) is 0.309. The minimum atomic E-state index is -1.12. The normalized spacial score (nSPS) is 11.8. The number of carboxylic acids is 1. The molecule has 0 aromatic heterocycles. The van der Waals surface area contributed by atoms with Crippen molar-refractivity contribution in [2.45, 2.75) is 0 Å². The molecular weight excluding hydrogens is 130 g/mol. The van der Waals surface area contributed by atoms with E-state index in [1.54, 1.807) is 6.08 Å². The second-order valence-electron chi connectivity index (χ2n) is 1.55. The molecule has 0 aromatic carbocycles. The first kappa shape index (κ1) is 8.49. The molecule has 0 unspecified atom stereocenters. The summed E-state index contributed by atoms with van der Waals surface area (Å²) in [7, 11) is 0. The zero-order valence-corrected chi connectivity index (χ0v) is 5.45. The van der Waals surface area contributed by atoms with Crippen LogP contribution in [0.15, 0.2) is 36.6 Å². The van der Waals surface area contributed by atoms with Crippen molar-refractivity contribution in [1.82, 2.24) is 0 Å². The quantitative estimate of drug-likeness (QED) is 0.446. The average molecular weight is 139 g/mol. The molecule has 0 aliphatic rings. The summed E-state index contributed by atoms with van der Waals surface area (Å²) in [4.78, 5) is 10.0. The summed E-state index contributed by atoms with van der Waals surface area (Å²) >= 11 is 0. The average Bonchev–Trinajstić information content (AvgIpc) is 1.88. The van der Waals surface area contributed by atoms with Gasteiger partial charge < -0.3 is 10.8 Å². The molecular formula is C7H9NO2. The number of rotatable bonds is 3. The molecule has 0 bridgehead atoms. The summed E-state index contributed by atoms with van der Waals surface area (Å²) < 4.78 is 0. The highest BCUT2D eigenvalue weighted by atomic mass is 16.4. The molecule has 0 heterocycles. The van der Waals surface area contributed by atoms with E-state index in [-0.39, 0.29) is 5.70 Å². The Hall–Kier alpha value is -1.51. The Morgan fingerprint density at radius 1 is 1.50 bits per heavy atom. The molecule has 3 nitrogen and oxygen atoms in total. The van der Waals surface area contributed by atoms with Gasteiger partial charge in [0.05, 0.1) is 0 Å². The van der Waals surface area contributed by atoms with Crippen LogP contribution in [-0.4, -0.2) is 11.1 Å². The minimum absolute atomic E-state index is 0.182. The third-order valence-corrected chi connectivity index (χ3v) is 0.770. The predicted molar refractivity (Wildman–Crippen MR) is 39.2 cm³/mol. The molecule has 0 aliphatic carbocycles. The molecule has 10 heavy (non-hydrogen) atoms. The van der Waals surface area contributed by atoms with Gasteiger partial charge in [-0.3, -0.25) is 0 Å². The Bertz CT molecular complexity index is 192. The third-order valence-electron chi connectivity index (χ3n) is 0.770. The standard InChI is InChI=1S/C7H9NO2/c1-2-3-4-5-6(8)7(9)10/h2-5H,1,8H2,(H,9,10)/b4-3-,6-5-. The maximum absolute atomic E-state index is 10.0. The van der Waals surface area contributed by atoms with Gasteiger partial charge in [-0.25, -0.2) is 4.79 Å². The van der Waals surface area contributed by atoms with Crippen molar-refractivity contribution in [3.63, 3.8) is 0 Å². The number of carboxylic acid groups (broad SMARTS) is 1. The summed E-state index contributed by atoms with van der Waals surface area (Å²) in [5.41, 5.74) is 4.85. The molecule has 0 amide bonds. The molecule has 0 aliphatic heterocycles. The van der Waals surface area contributed by atoms with Gasteiger partial charge in [0, 0.05) is 0 Å². The molecule has 0 saturated heterocycles. The number of nitrogens with two attached hydrogens (primary N) is 1. The Labute approximate surface area is 59.2 Å². The number of allylic oxidation sites excluding steroid dienone is 4. The fourth-order valence-corrected chi connectivity index (χ4v) is 0.309. The smallest absolute Gasteiger partial charge is 0.351 e. The third kappa shape index (κ3) is 3.49. The van der Waals surface area contributed by atoms with Gasteiger partial charge >= 0.3 is 5.97 Å². The van der Waals surface area contributed by atoms with Crippen molar-refractivity contribution >= 4 is 5.97 Å². The molecule has 0 saturated carbocycles. The van der Waals surface area contributed by atoms with Crippen molar-refractivity contribution < 1.29 is 9.90 Å². The molecule has 0 fully saturated rings. The number of aliphatic carboxylic acids is 1. The maximum atomic E-state index is 10.0. The van der Waals surface area contributed by atoms with Crippen LogP contribution in [0.1, 0.15) is 0 Å². The highest BCUT2D eigenvalue weighted by molar-refractivity contribution is 5.85. The van der Waals surface area contributed by atoms with Crippen molar-refractivity contribution in [1.29, 1.82) is 0 Å². The van der Waals surface area contributed by atoms with Crippen LogP contribution in [0.5, 0.6) is 0 Å². The Kier molecular flexibility index (Phi) is 3.72. The predicted octanol–water partition coefficient (Wildman–Crippen LogP) is 0.656. The molecule has 0 spiro atoms. The molecule has 3 heteroatoms. The highest BCUT2D eigenvalue weighted by Crippen LogP contribution is 1.84. The number of hydrogen-bond acceptors (Lipinski definition) is 2. The second-order valence-corrected chi connectivity index (χ2v) is 1.55. The Balaban J connectivity index is 4.04. The maximum Gasteiger partial charge on any atom is 0.351 e. The van der Waals surface area contributed by atoms with Crippen molar-refractivity contribution in [3.05, 3.63) is 36.6 Å². The lowest BCUT2D eigenvalue weighted by Crippen LogP contribution is -2.08. The zero-order valence-electron chi connectivity index (χ0n) is 5.45. The van der Waals surface area contributed by atoms with Crippen LogP contribution < -0.4 is 5.73 Å². The molecule has 3 N–H and O–H groups in total. The van der Waals surface area contributed by atoms with Crippen LogP contribution in [0.3, 0.4) is 0 Å². The molecule has 0 radical (unpaired) electrons. The van der Waals surface area contributed by atoms with E-state index in [4.69, 9.17) is 10.8 Å². The lowest BCUT2D eigenvalue weighted by molar-refractivity contribution is -0.132. The molecule has 0 atom stereocenters.